The molecule has 0 aromatic rings. The molecule has 2 unspecified atom stereocenters. The molecule has 1 aliphatic heterocycles. The molecule has 7 heteroatoms. The molecule has 2 rings (SSSR count). The van der Waals surface area contributed by atoms with E-state index in [4.69, 9.17) is 0 Å². The van der Waals surface area contributed by atoms with Gasteiger partial charge in [0, 0.05) is 51.1 Å². The molecule has 2 aliphatic rings. The summed E-state index contributed by atoms with van der Waals surface area (Å²) in [4.78, 5) is 9.38. The minimum atomic E-state index is 0. The zero-order valence-corrected chi connectivity index (χ0v) is 18.7. The highest BCUT2D eigenvalue weighted by atomic mass is 127. The molecule has 24 heavy (non-hydrogen) atoms. The van der Waals surface area contributed by atoms with Gasteiger partial charge in [0.05, 0.1) is 0 Å². The molecule has 0 bridgehead atoms. The van der Waals surface area contributed by atoms with Gasteiger partial charge in [-0.1, -0.05) is 0 Å². The summed E-state index contributed by atoms with van der Waals surface area (Å²) in [7, 11) is 4.09. The predicted molar refractivity (Wildman–Crippen MR) is 118 cm³/mol. The Hall–Kier alpha value is 0.270. The highest BCUT2D eigenvalue weighted by Crippen LogP contribution is 2.27. The van der Waals surface area contributed by atoms with Crippen molar-refractivity contribution in [3.8, 4) is 0 Å². The van der Waals surface area contributed by atoms with Gasteiger partial charge in [-0.3, -0.25) is 4.99 Å². The van der Waals surface area contributed by atoms with Crippen LogP contribution in [0.15, 0.2) is 4.99 Å². The van der Waals surface area contributed by atoms with E-state index in [0.29, 0.717) is 6.04 Å². The van der Waals surface area contributed by atoms with E-state index in [1.54, 1.807) is 0 Å². The Morgan fingerprint density at radius 1 is 1.17 bits per heavy atom. The third kappa shape index (κ3) is 8.10. The van der Waals surface area contributed by atoms with Crippen molar-refractivity contribution in [3.63, 3.8) is 0 Å². The Kier molecular flexibility index (Phi) is 11.7. The van der Waals surface area contributed by atoms with E-state index >= 15 is 0 Å². The second-order valence-corrected chi connectivity index (χ2v) is 8.00. The molecule has 1 heterocycles. The fourth-order valence-corrected chi connectivity index (χ4v) is 4.21. The second kappa shape index (κ2) is 12.6. The topological polar surface area (TPSA) is 42.9 Å². The average Bonchev–Trinajstić information content (AvgIpc) is 3.03. The highest BCUT2D eigenvalue weighted by Gasteiger charge is 2.24. The molecule has 1 saturated heterocycles. The van der Waals surface area contributed by atoms with Crippen LogP contribution >= 0.6 is 35.7 Å². The molecule has 1 aliphatic carbocycles. The lowest BCUT2D eigenvalue weighted by Crippen LogP contribution is -2.45. The van der Waals surface area contributed by atoms with Gasteiger partial charge in [0.15, 0.2) is 5.96 Å². The summed E-state index contributed by atoms with van der Waals surface area (Å²) in [6.45, 7) is 7.14. The van der Waals surface area contributed by atoms with Crippen LogP contribution in [-0.4, -0.2) is 86.7 Å². The zero-order chi connectivity index (χ0) is 16.5. The number of nitrogens with zero attached hydrogens (tertiary/aromatic N) is 3. The summed E-state index contributed by atoms with van der Waals surface area (Å²) in [5.74, 6) is 0.983. The Balaban J connectivity index is 0.00000288. The summed E-state index contributed by atoms with van der Waals surface area (Å²) >= 11 is 2.00. The number of aliphatic imine (C=N–C) groups is 1. The number of hydrogen-bond acceptors (Lipinski definition) is 4. The van der Waals surface area contributed by atoms with Crippen molar-refractivity contribution in [2.45, 2.75) is 43.4 Å². The third-order valence-corrected chi connectivity index (χ3v) is 6.17. The Bertz CT molecular complexity index is 361. The fourth-order valence-electron chi connectivity index (χ4n) is 3.41. The number of unbranched alkanes of at least 4 members (excludes halogenated alkanes) is 1. The minimum Gasteiger partial charge on any atom is -0.356 e. The quantitative estimate of drug-likeness (QED) is 0.259. The summed E-state index contributed by atoms with van der Waals surface area (Å²) in [6.07, 6.45) is 8.58. The number of halogens is 1. The largest absolute Gasteiger partial charge is 0.356 e. The number of nitrogens with one attached hydrogen (secondary N) is 2. The van der Waals surface area contributed by atoms with Crippen LogP contribution in [0.4, 0.5) is 0 Å². The van der Waals surface area contributed by atoms with Crippen molar-refractivity contribution in [1.29, 1.82) is 0 Å². The normalized spacial score (nSPS) is 26.2. The summed E-state index contributed by atoms with van der Waals surface area (Å²) in [5.41, 5.74) is 0. The van der Waals surface area contributed by atoms with E-state index < -0.39 is 0 Å². The number of thioether (sulfide) groups is 1. The number of guanidine groups is 1. The fraction of sp³-hybridized carbons (Fsp3) is 0.941. The van der Waals surface area contributed by atoms with Gasteiger partial charge in [-0.15, -0.1) is 24.0 Å². The number of hydrogen-bond donors (Lipinski definition) is 2. The standard InChI is InChI=1S/C17H35N5S.HI/c1-18-17(20-15-6-7-16(14-15)23-3)19-8-4-5-9-22-12-10-21(2)11-13-22;/h15-16H,4-14H2,1-3H3,(H2,18,19,20);1H. The van der Waals surface area contributed by atoms with Gasteiger partial charge in [-0.2, -0.15) is 11.8 Å². The number of rotatable bonds is 7. The van der Waals surface area contributed by atoms with E-state index in [1.807, 2.05) is 18.8 Å². The van der Waals surface area contributed by atoms with Crippen molar-refractivity contribution in [1.82, 2.24) is 20.4 Å². The average molecular weight is 469 g/mol. The lowest BCUT2D eigenvalue weighted by Gasteiger charge is -2.32. The van der Waals surface area contributed by atoms with E-state index in [1.165, 1.54) is 64.8 Å². The van der Waals surface area contributed by atoms with Crippen LogP contribution in [0.3, 0.4) is 0 Å². The lowest BCUT2D eigenvalue weighted by atomic mass is 10.2. The molecular formula is C17H36IN5S. The lowest BCUT2D eigenvalue weighted by molar-refractivity contribution is 0.152. The SMILES string of the molecule is CN=C(NCCCCN1CCN(C)CC1)NC1CCC(SC)C1.I. The second-order valence-electron chi connectivity index (χ2n) is 6.86. The van der Waals surface area contributed by atoms with Gasteiger partial charge in [0.2, 0.25) is 0 Å². The molecular weight excluding hydrogens is 433 g/mol. The van der Waals surface area contributed by atoms with Crippen LogP contribution in [-0.2, 0) is 0 Å². The number of piperazine rings is 1. The van der Waals surface area contributed by atoms with Gasteiger partial charge in [0.25, 0.3) is 0 Å². The minimum absolute atomic E-state index is 0. The maximum absolute atomic E-state index is 4.37. The highest BCUT2D eigenvalue weighted by molar-refractivity contribution is 14.0. The molecule has 2 fully saturated rings. The molecule has 2 N–H and O–H groups in total. The maximum Gasteiger partial charge on any atom is 0.191 e. The van der Waals surface area contributed by atoms with E-state index in [9.17, 15) is 0 Å². The third-order valence-electron chi connectivity index (χ3n) is 5.07. The molecule has 142 valence electrons. The predicted octanol–water partition coefficient (Wildman–Crippen LogP) is 2.08. The van der Waals surface area contributed by atoms with E-state index in [-0.39, 0.29) is 24.0 Å². The van der Waals surface area contributed by atoms with Crippen molar-refractivity contribution < 1.29 is 0 Å². The van der Waals surface area contributed by atoms with Gasteiger partial charge in [-0.25, -0.2) is 0 Å². The van der Waals surface area contributed by atoms with Crippen molar-refractivity contribution in [2.24, 2.45) is 4.99 Å². The van der Waals surface area contributed by atoms with E-state index in [0.717, 1.165) is 17.8 Å². The first-order valence-corrected chi connectivity index (χ1v) is 10.4. The van der Waals surface area contributed by atoms with Crippen molar-refractivity contribution >= 4 is 41.7 Å². The molecule has 0 aromatic carbocycles. The molecule has 1 saturated carbocycles. The van der Waals surface area contributed by atoms with Crippen LogP contribution in [0.2, 0.25) is 0 Å². The van der Waals surface area contributed by atoms with Gasteiger partial charge < -0.3 is 20.4 Å². The van der Waals surface area contributed by atoms with Crippen LogP contribution in [0.1, 0.15) is 32.1 Å². The summed E-state index contributed by atoms with van der Waals surface area (Å²) < 4.78 is 0. The zero-order valence-electron chi connectivity index (χ0n) is 15.6. The van der Waals surface area contributed by atoms with Gasteiger partial charge >= 0.3 is 0 Å². The van der Waals surface area contributed by atoms with Gasteiger partial charge in [-0.05, 0) is 52.0 Å². The monoisotopic (exact) mass is 469 g/mol. The number of likely N-dealkylation sites (N-methyl/N-ethyl adjacent to an activating group) is 1. The summed E-state index contributed by atoms with van der Waals surface area (Å²) in [6, 6.07) is 0.601. The summed E-state index contributed by atoms with van der Waals surface area (Å²) in [5, 5.41) is 7.89. The van der Waals surface area contributed by atoms with Crippen LogP contribution < -0.4 is 10.6 Å². The molecule has 5 nitrogen and oxygen atoms in total. The van der Waals surface area contributed by atoms with Crippen molar-refractivity contribution in [2.75, 3.05) is 59.6 Å². The van der Waals surface area contributed by atoms with Crippen LogP contribution in [0, 0.1) is 0 Å². The van der Waals surface area contributed by atoms with Gasteiger partial charge in [0.1, 0.15) is 0 Å². The smallest absolute Gasteiger partial charge is 0.191 e. The maximum atomic E-state index is 4.37. The Morgan fingerprint density at radius 2 is 1.92 bits per heavy atom. The van der Waals surface area contributed by atoms with E-state index in [2.05, 4.69) is 38.7 Å². The van der Waals surface area contributed by atoms with Crippen LogP contribution in [0.5, 0.6) is 0 Å². The van der Waals surface area contributed by atoms with Crippen molar-refractivity contribution in [3.05, 3.63) is 0 Å². The molecule has 0 aromatic heterocycles. The molecule has 0 radical (unpaired) electrons. The molecule has 2 atom stereocenters. The molecule has 0 amide bonds. The Morgan fingerprint density at radius 3 is 2.54 bits per heavy atom. The first-order chi connectivity index (χ1) is 11.2. The first-order valence-electron chi connectivity index (χ1n) is 9.12. The van der Waals surface area contributed by atoms with Crippen LogP contribution in [0.25, 0.3) is 0 Å². The molecule has 0 spiro atoms. The Labute approximate surface area is 169 Å². The first kappa shape index (κ1) is 22.3.